The minimum atomic E-state index is -0.328. The predicted octanol–water partition coefficient (Wildman–Crippen LogP) is 3.03. The number of benzene rings is 1. The molecule has 88 valence electrons. The molecule has 0 saturated carbocycles. The molecule has 1 aromatic carbocycles. The van der Waals surface area contributed by atoms with Crippen molar-refractivity contribution >= 4 is 0 Å². The van der Waals surface area contributed by atoms with Crippen LogP contribution in [-0.2, 0) is 12.8 Å². The Kier molecular flexibility index (Phi) is 2.42. The molecule has 1 heterocycles. The van der Waals surface area contributed by atoms with Crippen LogP contribution in [0.2, 0.25) is 0 Å². The summed E-state index contributed by atoms with van der Waals surface area (Å²) >= 11 is 0. The fourth-order valence-corrected chi connectivity index (χ4v) is 2.27. The second-order valence-corrected chi connectivity index (χ2v) is 4.31. The quantitative estimate of drug-likeness (QED) is 0.741. The molecule has 1 aliphatic carbocycles. The van der Waals surface area contributed by atoms with E-state index in [-0.39, 0.29) is 11.8 Å². The Balaban J connectivity index is 2.09. The fraction of sp³-hybridized carbons (Fsp3) is 0.308. The van der Waals surface area contributed by atoms with E-state index in [1.165, 1.54) is 28.9 Å². The van der Waals surface area contributed by atoms with E-state index in [1.54, 1.807) is 0 Å². The van der Waals surface area contributed by atoms with E-state index >= 15 is 0 Å². The highest BCUT2D eigenvalue weighted by Gasteiger charge is 2.21. The van der Waals surface area contributed by atoms with E-state index in [0.717, 1.165) is 36.9 Å². The molecule has 3 rings (SSSR count). The number of rotatable bonds is 1. The van der Waals surface area contributed by atoms with Crippen LogP contribution in [0.1, 0.15) is 24.1 Å². The molecule has 0 radical (unpaired) electrons. The maximum Gasteiger partial charge on any atom is 0.219 e. The second-order valence-electron chi connectivity index (χ2n) is 4.31. The minimum Gasteiger partial charge on any atom is -0.207 e. The smallest absolute Gasteiger partial charge is 0.207 e. The Morgan fingerprint density at radius 1 is 1.00 bits per heavy atom. The Morgan fingerprint density at radius 3 is 2.41 bits per heavy atom. The second kappa shape index (κ2) is 3.95. The molecule has 0 amide bonds. The monoisotopic (exact) mass is 234 g/mol. The molecular formula is C13H12F2N2. The maximum atomic E-state index is 14.1. The first-order chi connectivity index (χ1) is 8.25. The molecule has 0 N–H and O–H groups in total. The largest absolute Gasteiger partial charge is 0.219 e. The van der Waals surface area contributed by atoms with Gasteiger partial charge >= 0.3 is 0 Å². The molecule has 0 unspecified atom stereocenters. The third kappa shape index (κ3) is 1.73. The van der Waals surface area contributed by atoms with Crippen molar-refractivity contribution in [1.29, 1.82) is 0 Å². The van der Waals surface area contributed by atoms with Crippen molar-refractivity contribution in [2.75, 3.05) is 0 Å². The summed E-state index contributed by atoms with van der Waals surface area (Å²) in [4.78, 5) is 0. The number of aromatic nitrogens is 2. The summed E-state index contributed by atoms with van der Waals surface area (Å²) in [5.74, 6) is -0.627. The van der Waals surface area contributed by atoms with Crippen LogP contribution < -0.4 is 0 Å². The third-order valence-electron chi connectivity index (χ3n) is 3.17. The Hall–Kier alpha value is -1.71. The summed E-state index contributed by atoms with van der Waals surface area (Å²) < 4.78 is 28.2. The van der Waals surface area contributed by atoms with E-state index in [2.05, 4.69) is 5.10 Å². The van der Waals surface area contributed by atoms with Gasteiger partial charge in [0.25, 0.3) is 0 Å². The van der Waals surface area contributed by atoms with Gasteiger partial charge in [-0.1, -0.05) is 0 Å². The number of aryl methyl sites for hydroxylation is 1. The zero-order valence-corrected chi connectivity index (χ0v) is 9.29. The van der Waals surface area contributed by atoms with Crippen LogP contribution in [0.3, 0.4) is 0 Å². The summed E-state index contributed by atoms with van der Waals surface area (Å²) in [7, 11) is 0. The van der Waals surface area contributed by atoms with E-state index in [9.17, 15) is 8.78 Å². The lowest BCUT2D eigenvalue weighted by Gasteiger charge is -2.07. The summed E-state index contributed by atoms with van der Waals surface area (Å²) in [6.45, 7) is 0. The van der Waals surface area contributed by atoms with Crippen molar-refractivity contribution in [2.45, 2.75) is 25.7 Å². The van der Waals surface area contributed by atoms with Crippen molar-refractivity contribution in [3.05, 3.63) is 47.3 Å². The molecule has 1 aromatic heterocycles. The Labute approximate surface area is 97.9 Å². The first kappa shape index (κ1) is 10.4. The lowest BCUT2D eigenvalue weighted by atomic mass is 9.98. The molecule has 17 heavy (non-hydrogen) atoms. The molecule has 0 atom stereocenters. The van der Waals surface area contributed by atoms with Crippen molar-refractivity contribution in [3.8, 4) is 5.69 Å². The summed E-state index contributed by atoms with van der Waals surface area (Å²) in [6.07, 6.45) is 3.66. The number of nitrogens with zero attached hydrogens (tertiary/aromatic N) is 2. The van der Waals surface area contributed by atoms with Crippen LogP contribution in [0.4, 0.5) is 8.78 Å². The minimum absolute atomic E-state index is 0.300. The van der Waals surface area contributed by atoms with Gasteiger partial charge in [-0.05, 0) is 49.9 Å². The van der Waals surface area contributed by atoms with Gasteiger partial charge in [0.1, 0.15) is 5.82 Å². The van der Waals surface area contributed by atoms with Gasteiger partial charge in [-0.3, -0.25) is 0 Å². The van der Waals surface area contributed by atoms with Crippen molar-refractivity contribution in [3.63, 3.8) is 0 Å². The molecule has 0 aliphatic heterocycles. The average molecular weight is 234 g/mol. The normalized spacial score (nSPS) is 14.7. The van der Waals surface area contributed by atoms with Gasteiger partial charge in [0.05, 0.1) is 11.4 Å². The van der Waals surface area contributed by atoms with Gasteiger partial charge in [0.15, 0.2) is 0 Å². The van der Waals surface area contributed by atoms with E-state index < -0.39 is 0 Å². The third-order valence-corrected chi connectivity index (χ3v) is 3.17. The molecule has 0 spiro atoms. The van der Waals surface area contributed by atoms with Crippen molar-refractivity contribution < 1.29 is 8.78 Å². The van der Waals surface area contributed by atoms with Crippen LogP contribution in [-0.4, -0.2) is 9.78 Å². The first-order valence-electron chi connectivity index (χ1n) is 5.78. The standard InChI is InChI=1S/C13H12F2N2/c14-9-5-7-10(8-6-9)17-13(15)11-3-1-2-4-12(11)16-17/h5-8H,1-4H2. The van der Waals surface area contributed by atoms with Gasteiger partial charge in [-0.15, -0.1) is 0 Å². The molecule has 4 heteroatoms. The zero-order valence-electron chi connectivity index (χ0n) is 9.29. The highest BCUT2D eigenvalue weighted by Crippen LogP contribution is 2.24. The van der Waals surface area contributed by atoms with E-state index in [4.69, 9.17) is 0 Å². The summed E-state index contributed by atoms with van der Waals surface area (Å²) in [5, 5.41) is 4.27. The molecule has 0 saturated heterocycles. The number of hydrogen-bond donors (Lipinski definition) is 0. The average Bonchev–Trinajstić information content (AvgIpc) is 2.69. The van der Waals surface area contributed by atoms with E-state index in [0.29, 0.717) is 5.69 Å². The van der Waals surface area contributed by atoms with E-state index in [1.807, 2.05) is 0 Å². The van der Waals surface area contributed by atoms with Gasteiger partial charge in [-0.25, -0.2) is 9.07 Å². The maximum absolute atomic E-state index is 14.1. The number of halogens is 2. The fourth-order valence-electron chi connectivity index (χ4n) is 2.27. The first-order valence-corrected chi connectivity index (χ1v) is 5.78. The zero-order chi connectivity index (χ0) is 11.8. The summed E-state index contributed by atoms with van der Waals surface area (Å²) in [6, 6.07) is 5.71. The Morgan fingerprint density at radius 2 is 1.71 bits per heavy atom. The van der Waals surface area contributed by atoms with Gasteiger partial charge in [0.2, 0.25) is 5.95 Å². The molecule has 2 aromatic rings. The molecule has 2 nitrogen and oxygen atoms in total. The highest BCUT2D eigenvalue weighted by atomic mass is 19.1. The molecule has 1 aliphatic rings. The van der Waals surface area contributed by atoms with Crippen LogP contribution >= 0.6 is 0 Å². The predicted molar refractivity (Wildman–Crippen MR) is 60.1 cm³/mol. The lowest BCUT2D eigenvalue weighted by Crippen LogP contribution is -2.01. The molecular weight excluding hydrogens is 222 g/mol. The lowest BCUT2D eigenvalue weighted by molar-refractivity contribution is 0.523. The molecule has 0 fully saturated rings. The van der Waals surface area contributed by atoms with Gasteiger partial charge in [-0.2, -0.15) is 9.49 Å². The van der Waals surface area contributed by atoms with Gasteiger partial charge in [0, 0.05) is 5.56 Å². The van der Waals surface area contributed by atoms with Gasteiger partial charge < -0.3 is 0 Å². The molecule has 0 bridgehead atoms. The number of hydrogen-bond acceptors (Lipinski definition) is 1. The number of fused-ring (bicyclic) bond motifs is 1. The van der Waals surface area contributed by atoms with Crippen LogP contribution in [0.15, 0.2) is 24.3 Å². The highest BCUT2D eigenvalue weighted by molar-refractivity contribution is 5.34. The van der Waals surface area contributed by atoms with Crippen LogP contribution in [0, 0.1) is 11.8 Å². The van der Waals surface area contributed by atoms with Crippen molar-refractivity contribution in [1.82, 2.24) is 9.78 Å². The topological polar surface area (TPSA) is 17.8 Å². The van der Waals surface area contributed by atoms with Crippen LogP contribution in [0.25, 0.3) is 5.69 Å². The van der Waals surface area contributed by atoms with Crippen molar-refractivity contribution in [2.24, 2.45) is 0 Å². The van der Waals surface area contributed by atoms with Crippen LogP contribution in [0.5, 0.6) is 0 Å². The SMILES string of the molecule is Fc1ccc(-n2nc3c(c2F)CCCC3)cc1. The summed E-state index contributed by atoms with van der Waals surface area (Å²) in [5.41, 5.74) is 2.14. The Bertz CT molecular complexity index is 543.